The number of rotatable bonds is 7. The summed E-state index contributed by atoms with van der Waals surface area (Å²) in [6.07, 6.45) is 10.5. The number of nitrogens with zero attached hydrogens (tertiary/aromatic N) is 2. The van der Waals surface area contributed by atoms with E-state index in [1.165, 1.54) is 110 Å². The summed E-state index contributed by atoms with van der Waals surface area (Å²) in [6, 6.07) is 74.6. The third kappa shape index (κ3) is 5.61. The number of hydrogen-bond donors (Lipinski definition) is 0. The normalized spacial score (nSPS) is 13.0. The van der Waals surface area contributed by atoms with Gasteiger partial charge in [-0.2, -0.15) is 0 Å². The van der Waals surface area contributed by atoms with E-state index < -0.39 is 0 Å². The predicted octanol–water partition coefficient (Wildman–Crippen LogP) is 15.7. The largest absolute Gasteiger partial charge is 0.456 e. The first-order chi connectivity index (χ1) is 34.6. The first-order valence-electron chi connectivity index (χ1n) is 24.0. The van der Waals surface area contributed by atoms with Crippen LogP contribution in [-0.4, -0.2) is 23.9 Å². The van der Waals surface area contributed by atoms with Gasteiger partial charge in [0.25, 0.3) is 0 Å². The number of fused-ring (bicyclic) bond motifs is 15. The van der Waals surface area contributed by atoms with E-state index in [2.05, 4.69) is 222 Å². The minimum atomic E-state index is -0.178. The molecule has 70 heavy (non-hydrogen) atoms. The molecule has 326 valence electrons. The Kier molecular flexibility index (Phi) is 8.70. The van der Waals surface area contributed by atoms with Crippen LogP contribution in [0, 0.1) is 0 Å². The highest BCUT2D eigenvalue weighted by atomic mass is 31.1. The second-order valence-electron chi connectivity index (χ2n) is 18.9. The summed E-state index contributed by atoms with van der Waals surface area (Å²) in [5.74, 6) is 0. The van der Waals surface area contributed by atoms with Crippen LogP contribution >= 0.6 is 16.4 Å². The van der Waals surface area contributed by atoms with Gasteiger partial charge in [-0.25, -0.2) is 0 Å². The average molecular weight is 927 g/mol. The molecule has 6 heteroatoms. The summed E-state index contributed by atoms with van der Waals surface area (Å²) in [7, 11) is 2.03. The fourth-order valence-electron chi connectivity index (χ4n) is 12.5. The molecule has 0 N–H and O–H groups in total. The van der Waals surface area contributed by atoms with Crippen LogP contribution in [0.1, 0.15) is 16.7 Å². The topological polar surface area (TPSA) is 21.3 Å². The fourth-order valence-corrected chi connectivity index (χ4v) is 13.5. The van der Waals surface area contributed by atoms with Crippen LogP contribution in [0.2, 0.25) is 0 Å². The van der Waals surface area contributed by atoms with Gasteiger partial charge in [-0.3, -0.25) is 0 Å². The molecule has 0 unspecified atom stereocenters. The summed E-state index contributed by atoms with van der Waals surface area (Å²) in [5, 5.41) is 13.7. The minimum Gasteiger partial charge on any atom is -0.456 e. The third-order valence-corrected chi connectivity index (χ3v) is 16.5. The van der Waals surface area contributed by atoms with Gasteiger partial charge in [-0.05, 0) is 126 Å². The van der Waals surface area contributed by atoms with Crippen molar-refractivity contribution in [3.05, 3.63) is 217 Å². The minimum absolute atomic E-state index is 0.178. The standard InChI is InChI=1S/C64H41BN2OP2/c1-69-37-53-46-24-12-11-23-45(46)49(29-38-17-5-3-6-18-38)50-34-54-56(35-51(50)53)66(42-30-41(31-43(33-42)70-2)39-19-7-4-8-20-39)57-36-59-61(48-26-14-16-28-58(48)68-59)62-52-32-40-21-9-10-22-44(40)60-47-25-13-15-27-55(47)67(64(52)60)65(54)63(57)62/h3-28,30-36H,1-2,29,37H2. The van der Waals surface area contributed by atoms with Crippen molar-refractivity contribution < 1.29 is 4.42 Å². The highest BCUT2D eigenvalue weighted by Gasteiger charge is 2.45. The van der Waals surface area contributed by atoms with Gasteiger partial charge in [0.05, 0.1) is 0 Å². The van der Waals surface area contributed by atoms with E-state index in [9.17, 15) is 0 Å². The van der Waals surface area contributed by atoms with Crippen molar-refractivity contribution in [2.24, 2.45) is 0 Å². The molecule has 4 heterocycles. The lowest BCUT2D eigenvalue weighted by atomic mass is 9.44. The molecule has 0 spiro atoms. The molecule has 2 aliphatic rings. The van der Waals surface area contributed by atoms with Gasteiger partial charge in [0.1, 0.15) is 11.2 Å². The molecule has 2 aromatic heterocycles. The van der Waals surface area contributed by atoms with Crippen LogP contribution in [-0.2, 0) is 12.6 Å². The van der Waals surface area contributed by atoms with Crippen LogP contribution in [0.25, 0.3) is 98.3 Å². The van der Waals surface area contributed by atoms with Gasteiger partial charge in [-0.15, -0.1) is 8.20 Å². The average Bonchev–Trinajstić information content (AvgIpc) is 3.97. The second-order valence-corrected chi connectivity index (χ2v) is 20.5. The lowest BCUT2D eigenvalue weighted by Crippen LogP contribution is -2.56. The molecule has 0 saturated carbocycles. The van der Waals surface area contributed by atoms with E-state index in [4.69, 9.17) is 4.42 Å². The van der Waals surface area contributed by atoms with Gasteiger partial charge >= 0.3 is 6.85 Å². The smallest absolute Gasteiger partial charge is 0.333 e. The van der Waals surface area contributed by atoms with E-state index >= 15 is 0 Å². The van der Waals surface area contributed by atoms with Gasteiger partial charge < -0.3 is 13.8 Å². The molecular weight excluding hydrogens is 885 g/mol. The first-order valence-corrected chi connectivity index (χ1v) is 26.4. The van der Waals surface area contributed by atoms with E-state index in [1.807, 2.05) is 0 Å². The molecular formula is C64H41BN2OP2. The molecule has 13 aromatic rings. The highest BCUT2D eigenvalue weighted by Crippen LogP contribution is 2.52. The SMILES string of the molecule is C=PCc1c2ccccc2c(Cc2ccccc2)c2cc3c(cc12)N(c1cc(P=C)cc(-c2ccccc2)c1)c1cc2oc4ccccc4c2c2c1B3n1c3ccccc3c3c4ccccc4cc-2c31. The molecule has 0 atom stereocenters. The van der Waals surface area contributed by atoms with Gasteiger partial charge in [-0.1, -0.05) is 172 Å². The Morgan fingerprint density at radius 1 is 0.514 bits per heavy atom. The van der Waals surface area contributed by atoms with Crippen LogP contribution < -0.4 is 21.1 Å². The maximum atomic E-state index is 7.05. The number of benzene rings is 11. The fraction of sp³-hybridized carbons (Fsp3) is 0.0312. The number of aromatic nitrogens is 1. The molecule has 0 bridgehead atoms. The highest BCUT2D eigenvalue weighted by molar-refractivity contribution is 7.45. The molecule has 0 fully saturated rings. The summed E-state index contributed by atoms with van der Waals surface area (Å²) >= 11 is 0. The van der Waals surface area contributed by atoms with Crippen LogP contribution in [0.15, 0.2) is 205 Å². The Hall–Kier alpha value is -8.00. The van der Waals surface area contributed by atoms with Crippen molar-refractivity contribution in [3.63, 3.8) is 0 Å². The Morgan fingerprint density at radius 2 is 1.20 bits per heavy atom. The Bertz CT molecular complexity index is 4420. The Labute approximate surface area is 408 Å². The van der Waals surface area contributed by atoms with Gasteiger partial charge in [0.2, 0.25) is 0 Å². The summed E-state index contributed by atoms with van der Waals surface area (Å²) < 4.78 is 9.76. The lowest BCUT2D eigenvalue weighted by Gasteiger charge is -2.41. The van der Waals surface area contributed by atoms with E-state index in [0.717, 1.165) is 67.8 Å². The maximum Gasteiger partial charge on any atom is 0.333 e. The summed E-state index contributed by atoms with van der Waals surface area (Å²) in [5.41, 5.74) is 19.0. The van der Waals surface area contributed by atoms with E-state index in [-0.39, 0.29) is 6.85 Å². The van der Waals surface area contributed by atoms with Crippen molar-refractivity contribution in [2.75, 3.05) is 4.90 Å². The molecule has 0 amide bonds. The van der Waals surface area contributed by atoms with Crippen molar-refractivity contribution in [1.29, 1.82) is 0 Å². The number of hydrogen-bond acceptors (Lipinski definition) is 2. The van der Waals surface area contributed by atoms with Crippen LogP contribution in [0.3, 0.4) is 0 Å². The molecule has 0 radical (unpaired) electrons. The quantitative estimate of drug-likeness (QED) is 0.0902. The zero-order valence-electron chi connectivity index (χ0n) is 38.2. The monoisotopic (exact) mass is 926 g/mol. The molecule has 3 nitrogen and oxygen atoms in total. The number of furan rings is 1. The van der Waals surface area contributed by atoms with E-state index in [1.54, 1.807) is 0 Å². The zero-order valence-corrected chi connectivity index (χ0v) is 39.9. The molecule has 0 aliphatic carbocycles. The maximum absolute atomic E-state index is 7.05. The predicted molar refractivity (Wildman–Crippen MR) is 306 cm³/mol. The molecule has 11 aromatic carbocycles. The molecule has 15 rings (SSSR count). The molecule has 0 saturated heterocycles. The van der Waals surface area contributed by atoms with Crippen molar-refractivity contribution in [2.45, 2.75) is 12.6 Å². The van der Waals surface area contributed by atoms with Gasteiger partial charge in [0, 0.05) is 72.7 Å². The number of anilines is 3. The summed E-state index contributed by atoms with van der Waals surface area (Å²) in [4.78, 5) is 2.57. The van der Waals surface area contributed by atoms with Gasteiger partial charge in [0.15, 0.2) is 0 Å². The van der Waals surface area contributed by atoms with E-state index in [0.29, 0.717) is 0 Å². The lowest BCUT2D eigenvalue weighted by molar-refractivity contribution is 0.669. The first kappa shape index (κ1) is 39.9. The van der Waals surface area contributed by atoms with Crippen molar-refractivity contribution in [3.8, 4) is 22.3 Å². The van der Waals surface area contributed by atoms with Crippen molar-refractivity contribution in [1.82, 2.24) is 4.48 Å². The molecule has 2 aliphatic heterocycles. The number of para-hydroxylation sites is 2. The second kappa shape index (κ2) is 15.3. The van der Waals surface area contributed by atoms with Crippen LogP contribution in [0.5, 0.6) is 0 Å². The Morgan fingerprint density at radius 3 is 2.00 bits per heavy atom. The zero-order chi connectivity index (χ0) is 46.2. The summed E-state index contributed by atoms with van der Waals surface area (Å²) in [6.45, 7) is -0.178. The Balaban J connectivity index is 1.18. The third-order valence-electron chi connectivity index (χ3n) is 15.3. The van der Waals surface area contributed by atoms with Crippen molar-refractivity contribution >= 4 is 145 Å². The van der Waals surface area contributed by atoms with Crippen LogP contribution in [0.4, 0.5) is 17.1 Å².